The van der Waals surface area contributed by atoms with Gasteiger partial charge in [-0.1, -0.05) is 36.4 Å². The van der Waals surface area contributed by atoms with Gasteiger partial charge in [0.2, 0.25) is 0 Å². The van der Waals surface area contributed by atoms with E-state index in [0.29, 0.717) is 0 Å². The SMILES string of the molecule is O=C(O)/C(O)=C(/O)C(=O)O.c1ccc(Nc2ccccc2)cc1. The van der Waals surface area contributed by atoms with Crippen molar-refractivity contribution in [3.05, 3.63) is 72.2 Å². The molecule has 0 saturated heterocycles. The Morgan fingerprint density at radius 2 is 0.913 bits per heavy atom. The fourth-order valence-electron chi connectivity index (χ4n) is 1.41. The van der Waals surface area contributed by atoms with Crippen molar-refractivity contribution in [3.8, 4) is 0 Å². The molecule has 5 N–H and O–H groups in total. The first-order chi connectivity index (χ1) is 10.9. The number of para-hydroxylation sites is 2. The lowest BCUT2D eigenvalue weighted by Gasteiger charge is -2.04. The fourth-order valence-corrected chi connectivity index (χ4v) is 1.41. The number of aliphatic carboxylic acids is 2. The summed E-state index contributed by atoms with van der Waals surface area (Å²) in [5.74, 6) is -6.93. The smallest absolute Gasteiger partial charge is 0.375 e. The van der Waals surface area contributed by atoms with Gasteiger partial charge in [0.05, 0.1) is 0 Å². The van der Waals surface area contributed by atoms with Crippen molar-refractivity contribution in [2.24, 2.45) is 0 Å². The fraction of sp³-hybridized carbons (Fsp3) is 0. The van der Waals surface area contributed by atoms with Crippen molar-refractivity contribution in [1.29, 1.82) is 0 Å². The highest BCUT2D eigenvalue weighted by Crippen LogP contribution is 2.14. The van der Waals surface area contributed by atoms with Crippen LogP contribution < -0.4 is 5.32 Å². The number of nitrogens with one attached hydrogen (secondary N) is 1. The van der Waals surface area contributed by atoms with Crippen molar-refractivity contribution < 1.29 is 30.0 Å². The minimum absolute atomic E-state index is 1.12. The second kappa shape index (κ2) is 8.73. The molecule has 0 aliphatic heterocycles. The van der Waals surface area contributed by atoms with Gasteiger partial charge < -0.3 is 25.7 Å². The lowest BCUT2D eigenvalue weighted by molar-refractivity contribution is -0.140. The average molecular weight is 317 g/mol. The van der Waals surface area contributed by atoms with Crippen molar-refractivity contribution in [1.82, 2.24) is 0 Å². The summed E-state index contributed by atoms with van der Waals surface area (Å²) in [5.41, 5.74) is 2.24. The zero-order valence-corrected chi connectivity index (χ0v) is 11.9. The van der Waals surface area contributed by atoms with Crippen LogP contribution in [0.2, 0.25) is 0 Å². The van der Waals surface area contributed by atoms with Crippen LogP contribution in [0.1, 0.15) is 0 Å². The molecule has 0 fully saturated rings. The number of hydrogen-bond donors (Lipinski definition) is 5. The standard InChI is InChI=1S/C12H11N.C4H4O6/c1-3-7-11(8-4-1)13-12-9-5-2-6-10-12;5-1(3(7)8)2(6)4(9)10/h1-10,13H;5-6H,(H,7,8)(H,9,10)/b;2-1-. The number of benzene rings is 2. The molecule has 0 aliphatic carbocycles. The number of carboxylic acids is 2. The summed E-state index contributed by atoms with van der Waals surface area (Å²) in [6.45, 7) is 0. The monoisotopic (exact) mass is 317 g/mol. The predicted molar refractivity (Wildman–Crippen MR) is 83.7 cm³/mol. The molecule has 2 rings (SSSR count). The van der Waals surface area contributed by atoms with Crippen molar-refractivity contribution in [3.63, 3.8) is 0 Å². The zero-order chi connectivity index (χ0) is 17.2. The third kappa shape index (κ3) is 6.21. The molecule has 0 spiro atoms. The summed E-state index contributed by atoms with van der Waals surface area (Å²) in [6.07, 6.45) is 0. The highest BCUT2D eigenvalue weighted by molar-refractivity contribution is 5.95. The molecule has 0 aliphatic rings. The Morgan fingerprint density at radius 1 is 0.609 bits per heavy atom. The van der Waals surface area contributed by atoms with E-state index in [0.717, 1.165) is 11.4 Å². The van der Waals surface area contributed by atoms with E-state index in [1.54, 1.807) is 0 Å². The van der Waals surface area contributed by atoms with Crippen LogP contribution in [-0.4, -0.2) is 32.4 Å². The molecule has 0 unspecified atom stereocenters. The molecule has 0 heterocycles. The number of anilines is 2. The molecular formula is C16H15NO6. The number of carboxylic acid groups (broad SMARTS) is 2. The molecule has 0 radical (unpaired) electrons. The summed E-state index contributed by atoms with van der Waals surface area (Å²) >= 11 is 0. The number of carbonyl (C=O) groups is 2. The molecule has 0 saturated carbocycles. The first kappa shape index (κ1) is 17.6. The van der Waals surface area contributed by atoms with Crippen LogP contribution in [-0.2, 0) is 9.59 Å². The molecule has 0 aromatic heterocycles. The molecule has 0 atom stereocenters. The maximum Gasteiger partial charge on any atom is 0.375 e. The van der Waals surface area contributed by atoms with Gasteiger partial charge in [0, 0.05) is 11.4 Å². The topological polar surface area (TPSA) is 127 Å². The number of aliphatic hydroxyl groups excluding tert-OH is 2. The quantitative estimate of drug-likeness (QED) is 0.433. The van der Waals surface area contributed by atoms with E-state index in [2.05, 4.69) is 5.32 Å². The molecule has 120 valence electrons. The van der Waals surface area contributed by atoms with Crippen LogP contribution in [0.15, 0.2) is 72.2 Å². The molecule has 0 bridgehead atoms. The minimum atomic E-state index is -1.89. The second-order valence-electron chi connectivity index (χ2n) is 4.16. The normalized spacial score (nSPS) is 10.6. The van der Waals surface area contributed by atoms with E-state index in [1.165, 1.54) is 0 Å². The van der Waals surface area contributed by atoms with Crippen LogP contribution in [0, 0.1) is 0 Å². The van der Waals surface area contributed by atoms with Crippen molar-refractivity contribution in [2.45, 2.75) is 0 Å². The molecule has 0 amide bonds. The van der Waals surface area contributed by atoms with E-state index in [9.17, 15) is 9.59 Å². The Morgan fingerprint density at radius 3 is 1.17 bits per heavy atom. The van der Waals surface area contributed by atoms with Crippen LogP contribution >= 0.6 is 0 Å². The van der Waals surface area contributed by atoms with Gasteiger partial charge in [0.15, 0.2) is 0 Å². The van der Waals surface area contributed by atoms with Crippen LogP contribution in [0.25, 0.3) is 0 Å². The third-order valence-electron chi connectivity index (χ3n) is 2.47. The van der Waals surface area contributed by atoms with E-state index in [1.807, 2.05) is 60.7 Å². The largest absolute Gasteiger partial charge is 0.499 e. The van der Waals surface area contributed by atoms with Crippen LogP contribution in [0.3, 0.4) is 0 Å². The number of rotatable bonds is 4. The maximum atomic E-state index is 9.71. The van der Waals surface area contributed by atoms with E-state index in [-0.39, 0.29) is 0 Å². The van der Waals surface area contributed by atoms with Gasteiger partial charge in [-0.2, -0.15) is 0 Å². The average Bonchev–Trinajstić information content (AvgIpc) is 2.55. The highest BCUT2D eigenvalue weighted by atomic mass is 16.4. The van der Waals surface area contributed by atoms with Gasteiger partial charge in [0.1, 0.15) is 0 Å². The molecular weight excluding hydrogens is 302 g/mol. The highest BCUT2D eigenvalue weighted by Gasteiger charge is 2.17. The summed E-state index contributed by atoms with van der Waals surface area (Å²) < 4.78 is 0. The van der Waals surface area contributed by atoms with Gasteiger partial charge in [-0.3, -0.25) is 0 Å². The minimum Gasteiger partial charge on any atom is -0.499 e. The summed E-state index contributed by atoms with van der Waals surface area (Å²) in [4.78, 5) is 19.4. The Balaban J connectivity index is 0.000000241. The zero-order valence-electron chi connectivity index (χ0n) is 11.9. The first-order valence-corrected chi connectivity index (χ1v) is 6.37. The molecule has 2 aromatic rings. The van der Waals surface area contributed by atoms with E-state index >= 15 is 0 Å². The second-order valence-corrected chi connectivity index (χ2v) is 4.16. The maximum absolute atomic E-state index is 9.71. The van der Waals surface area contributed by atoms with Gasteiger partial charge in [-0.25, -0.2) is 9.59 Å². The lowest BCUT2D eigenvalue weighted by atomic mass is 10.3. The Hall–Kier alpha value is -3.48. The van der Waals surface area contributed by atoms with Crippen LogP contribution in [0.5, 0.6) is 0 Å². The Kier molecular flexibility index (Phi) is 6.67. The van der Waals surface area contributed by atoms with Gasteiger partial charge in [0.25, 0.3) is 11.5 Å². The van der Waals surface area contributed by atoms with E-state index < -0.39 is 23.5 Å². The van der Waals surface area contributed by atoms with Gasteiger partial charge in [-0.15, -0.1) is 0 Å². The van der Waals surface area contributed by atoms with Crippen molar-refractivity contribution in [2.75, 3.05) is 5.32 Å². The van der Waals surface area contributed by atoms with Crippen LogP contribution in [0.4, 0.5) is 11.4 Å². The summed E-state index contributed by atoms with van der Waals surface area (Å²) in [5, 5.41) is 35.5. The molecule has 2 aromatic carbocycles. The van der Waals surface area contributed by atoms with Crippen molar-refractivity contribution >= 4 is 23.3 Å². The lowest BCUT2D eigenvalue weighted by Crippen LogP contribution is -2.10. The number of hydrogen-bond acceptors (Lipinski definition) is 5. The third-order valence-corrected chi connectivity index (χ3v) is 2.47. The molecule has 7 nitrogen and oxygen atoms in total. The van der Waals surface area contributed by atoms with Gasteiger partial charge in [-0.05, 0) is 24.3 Å². The Labute approximate surface area is 131 Å². The van der Waals surface area contributed by atoms with E-state index in [4.69, 9.17) is 20.4 Å². The Bertz CT molecular complexity index is 623. The molecule has 23 heavy (non-hydrogen) atoms. The first-order valence-electron chi connectivity index (χ1n) is 6.37. The predicted octanol–water partition coefficient (Wildman–Crippen LogP) is 2.91. The van der Waals surface area contributed by atoms with Gasteiger partial charge >= 0.3 is 11.9 Å². The molecule has 7 heteroatoms. The summed E-state index contributed by atoms with van der Waals surface area (Å²) in [7, 11) is 0. The summed E-state index contributed by atoms with van der Waals surface area (Å²) in [6, 6.07) is 20.3. The number of aliphatic hydroxyl groups is 2.